The molecule has 1 heterocycles. The monoisotopic (exact) mass is 389 g/mol. The molecule has 3 rings (SSSR count). The highest BCUT2D eigenvalue weighted by molar-refractivity contribution is 8.00. The van der Waals surface area contributed by atoms with Gasteiger partial charge in [0.1, 0.15) is 11.6 Å². The van der Waals surface area contributed by atoms with Gasteiger partial charge in [-0.1, -0.05) is 36.0 Å². The number of thioether (sulfide) groups is 1. The van der Waals surface area contributed by atoms with E-state index < -0.39 is 11.1 Å². The molecule has 0 saturated carbocycles. The summed E-state index contributed by atoms with van der Waals surface area (Å²) in [5, 5.41) is 10.6. The molecule has 0 spiro atoms. The van der Waals surface area contributed by atoms with Gasteiger partial charge in [0.15, 0.2) is 5.82 Å². The summed E-state index contributed by atoms with van der Waals surface area (Å²) in [6, 6.07) is 11.7. The minimum atomic E-state index is -0.489. The van der Waals surface area contributed by atoms with E-state index in [9.17, 15) is 13.6 Å². The molecule has 9 heteroatoms. The van der Waals surface area contributed by atoms with Crippen LogP contribution in [0.1, 0.15) is 12.5 Å². The van der Waals surface area contributed by atoms with Crippen molar-refractivity contribution >= 4 is 17.7 Å². The molecule has 0 fully saturated rings. The van der Waals surface area contributed by atoms with E-state index in [0.29, 0.717) is 16.5 Å². The highest BCUT2D eigenvalue weighted by Gasteiger charge is 2.20. The SMILES string of the molecule is C[C@@H](Sc1nnc(-c2cccc(F)c2)n1N)C(=O)NCc1ccc(F)cc1. The maximum absolute atomic E-state index is 13.4. The number of carbonyl (C=O) groups is 1. The highest BCUT2D eigenvalue weighted by Crippen LogP contribution is 2.25. The zero-order valence-electron chi connectivity index (χ0n) is 14.4. The summed E-state index contributed by atoms with van der Waals surface area (Å²) in [6.45, 7) is 2.00. The fraction of sp³-hybridized carbons (Fsp3) is 0.167. The number of amides is 1. The Balaban J connectivity index is 1.62. The van der Waals surface area contributed by atoms with Crippen LogP contribution in [0.25, 0.3) is 11.4 Å². The average Bonchev–Trinajstić information content (AvgIpc) is 3.01. The lowest BCUT2D eigenvalue weighted by atomic mass is 10.2. The van der Waals surface area contributed by atoms with Gasteiger partial charge >= 0.3 is 0 Å². The number of nitrogens with one attached hydrogen (secondary N) is 1. The molecule has 1 atom stereocenters. The predicted molar refractivity (Wildman–Crippen MR) is 99.1 cm³/mol. The second-order valence-electron chi connectivity index (χ2n) is 5.79. The van der Waals surface area contributed by atoms with Crippen LogP contribution in [0.3, 0.4) is 0 Å². The zero-order chi connectivity index (χ0) is 19.4. The first-order chi connectivity index (χ1) is 12.9. The number of hydrogen-bond acceptors (Lipinski definition) is 5. The smallest absolute Gasteiger partial charge is 0.233 e. The number of nitrogen functional groups attached to an aromatic ring is 1. The quantitative estimate of drug-likeness (QED) is 0.500. The van der Waals surface area contributed by atoms with Crippen molar-refractivity contribution in [2.45, 2.75) is 23.9 Å². The Kier molecular flexibility index (Phi) is 5.70. The first kappa shape index (κ1) is 18.8. The lowest BCUT2D eigenvalue weighted by Crippen LogP contribution is -2.30. The maximum atomic E-state index is 13.4. The molecule has 1 aromatic heterocycles. The van der Waals surface area contributed by atoms with Crippen LogP contribution < -0.4 is 11.2 Å². The van der Waals surface area contributed by atoms with E-state index in [1.165, 1.54) is 28.9 Å². The van der Waals surface area contributed by atoms with Gasteiger partial charge in [0.05, 0.1) is 5.25 Å². The molecule has 140 valence electrons. The molecule has 0 saturated heterocycles. The Morgan fingerprint density at radius 3 is 2.63 bits per heavy atom. The van der Waals surface area contributed by atoms with Crippen LogP contribution in [0, 0.1) is 11.6 Å². The Morgan fingerprint density at radius 1 is 1.19 bits per heavy atom. The molecule has 2 aromatic carbocycles. The molecule has 6 nitrogen and oxygen atoms in total. The van der Waals surface area contributed by atoms with Gasteiger partial charge in [0.2, 0.25) is 11.1 Å². The van der Waals surface area contributed by atoms with Crippen LogP contribution in [-0.2, 0) is 11.3 Å². The number of carbonyl (C=O) groups excluding carboxylic acids is 1. The van der Waals surface area contributed by atoms with Gasteiger partial charge in [-0.2, -0.15) is 0 Å². The fourth-order valence-electron chi connectivity index (χ4n) is 2.33. The summed E-state index contributed by atoms with van der Waals surface area (Å²) < 4.78 is 27.5. The highest BCUT2D eigenvalue weighted by atomic mass is 32.2. The maximum Gasteiger partial charge on any atom is 0.233 e. The number of halogens is 2. The van der Waals surface area contributed by atoms with E-state index in [1.807, 2.05) is 0 Å². The Labute approximate surface area is 158 Å². The standard InChI is InChI=1S/C18H17F2N5OS/c1-11(17(26)22-10-12-5-7-14(19)8-6-12)27-18-24-23-16(25(18)21)13-3-2-4-15(20)9-13/h2-9,11H,10,21H2,1H3,(H,22,26)/t11-/m1/s1. The van der Waals surface area contributed by atoms with E-state index in [2.05, 4.69) is 15.5 Å². The average molecular weight is 389 g/mol. The van der Waals surface area contributed by atoms with Crippen LogP contribution in [-0.4, -0.2) is 26.0 Å². The van der Waals surface area contributed by atoms with Gasteiger partial charge in [-0.15, -0.1) is 10.2 Å². The van der Waals surface area contributed by atoms with Gasteiger partial charge < -0.3 is 11.2 Å². The third kappa shape index (κ3) is 4.62. The van der Waals surface area contributed by atoms with Crippen molar-refractivity contribution in [3.63, 3.8) is 0 Å². The van der Waals surface area contributed by atoms with Crippen LogP contribution in [0.4, 0.5) is 8.78 Å². The number of nitrogens with zero attached hydrogens (tertiary/aromatic N) is 3. The van der Waals surface area contributed by atoms with E-state index >= 15 is 0 Å². The molecule has 27 heavy (non-hydrogen) atoms. The molecule has 0 bridgehead atoms. The third-order valence-electron chi connectivity index (χ3n) is 3.78. The van der Waals surface area contributed by atoms with Crippen molar-refractivity contribution < 1.29 is 13.6 Å². The number of aromatic nitrogens is 3. The second kappa shape index (κ2) is 8.17. The number of rotatable bonds is 6. The van der Waals surface area contributed by atoms with Crippen molar-refractivity contribution in [1.82, 2.24) is 20.2 Å². The van der Waals surface area contributed by atoms with Crippen molar-refractivity contribution in [1.29, 1.82) is 0 Å². The van der Waals surface area contributed by atoms with Crippen molar-refractivity contribution in [3.8, 4) is 11.4 Å². The van der Waals surface area contributed by atoms with Crippen molar-refractivity contribution in [3.05, 3.63) is 65.7 Å². The molecular weight excluding hydrogens is 372 g/mol. The lowest BCUT2D eigenvalue weighted by Gasteiger charge is -2.11. The number of nitrogens with two attached hydrogens (primary N) is 1. The summed E-state index contributed by atoms with van der Waals surface area (Å²) in [6.07, 6.45) is 0. The van der Waals surface area contributed by atoms with Crippen LogP contribution in [0.5, 0.6) is 0 Å². The topological polar surface area (TPSA) is 85.8 Å². The van der Waals surface area contributed by atoms with Gasteiger partial charge in [-0.05, 0) is 36.8 Å². The summed E-state index contributed by atoms with van der Waals surface area (Å²) >= 11 is 1.13. The van der Waals surface area contributed by atoms with E-state index in [0.717, 1.165) is 17.3 Å². The minimum absolute atomic E-state index is 0.223. The molecule has 1 amide bonds. The van der Waals surface area contributed by atoms with E-state index in [1.54, 1.807) is 31.2 Å². The van der Waals surface area contributed by atoms with Crippen LogP contribution in [0.15, 0.2) is 53.7 Å². The Bertz CT molecular complexity index is 945. The fourth-order valence-corrected chi connectivity index (χ4v) is 3.12. The first-order valence-electron chi connectivity index (χ1n) is 8.09. The summed E-state index contributed by atoms with van der Waals surface area (Å²) in [5.41, 5.74) is 1.28. The Hall–Kier alpha value is -2.94. The van der Waals surface area contributed by atoms with Crippen molar-refractivity contribution in [2.24, 2.45) is 0 Å². The molecule has 0 aliphatic rings. The molecule has 3 N–H and O–H groups in total. The minimum Gasteiger partial charge on any atom is -0.351 e. The summed E-state index contributed by atoms with van der Waals surface area (Å²) in [7, 11) is 0. The third-order valence-corrected chi connectivity index (χ3v) is 4.84. The van der Waals surface area contributed by atoms with Gasteiger partial charge in [0, 0.05) is 12.1 Å². The molecular formula is C18H17F2N5OS. The molecule has 0 aliphatic carbocycles. The van der Waals surface area contributed by atoms with Gasteiger partial charge in [0.25, 0.3) is 0 Å². The number of benzene rings is 2. The zero-order valence-corrected chi connectivity index (χ0v) is 15.2. The van der Waals surface area contributed by atoms with E-state index in [4.69, 9.17) is 5.84 Å². The Morgan fingerprint density at radius 2 is 1.93 bits per heavy atom. The molecule has 0 radical (unpaired) electrons. The molecule has 0 aliphatic heterocycles. The van der Waals surface area contributed by atoms with Gasteiger partial charge in [-0.3, -0.25) is 4.79 Å². The molecule has 0 unspecified atom stereocenters. The predicted octanol–water partition coefficient (Wildman–Crippen LogP) is 2.73. The first-order valence-corrected chi connectivity index (χ1v) is 8.97. The van der Waals surface area contributed by atoms with Crippen LogP contribution in [0.2, 0.25) is 0 Å². The van der Waals surface area contributed by atoms with Crippen LogP contribution >= 0.6 is 11.8 Å². The summed E-state index contributed by atoms with van der Waals surface area (Å²) in [5.74, 6) is 5.34. The van der Waals surface area contributed by atoms with E-state index in [-0.39, 0.29) is 18.3 Å². The normalized spacial score (nSPS) is 12.0. The van der Waals surface area contributed by atoms with Crippen molar-refractivity contribution in [2.75, 3.05) is 5.84 Å². The lowest BCUT2D eigenvalue weighted by molar-refractivity contribution is -0.120. The number of hydrogen-bond donors (Lipinski definition) is 2. The molecule has 3 aromatic rings. The van der Waals surface area contributed by atoms with Gasteiger partial charge in [-0.25, -0.2) is 13.5 Å². The summed E-state index contributed by atoms with van der Waals surface area (Å²) in [4.78, 5) is 12.3. The second-order valence-corrected chi connectivity index (χ2v) is 7.10. The largest absolute Gasteiger partial charge is 0.351 e.